The summed E-state index contributed by atoms with van der Waals surface area (Å²) < 4.78 is 13.3. The van der Waals surface area contributed by atoms with Gasteiger partial charge in [-0.1, -0.05) is 0 Å². The molecule has 0 radical (unpaired) electrons. The fourth-order valence-electron chi connectivity index (χ4n) is 1.21. The zero-order valence-electron chi connectivity index (χ0n) is 8.83. The van der Waals surface area contributed by atoms with Crippen molar-refractivity contribution in [1.29, 1.82) is 5.26 Å². The molecule has 1 unspecified atom stereocenters. The summed E-state index contributed by atoms with van der Waals surface area (Å²) in [5.41, 5.74) is 5.55. The van der Waals surface area contributed by atoms with Gasteiger partial charge in [0, 0.05) is 11.7 Å². The Morgan fingerprint density at radius 1 is 1.69 bits per heavy atom. The van der Waals surface area contributed by atoms with Crippen LogP contribution in [-0.2, 0) is 0 Å². The van der Waals surface area contributed by atoms with E-state index < -0.39 is 11.7 Å². The molecule has 0 fully saturated rings. The molecule has 1 amide bonds. The summed E-state index contributed by atoms with van der Waals surface area (Å²) >= 11 is 0. The fourth-order valence-corrected chi connectivity index (χ4v) is 1.21. The Labute approximate surface area is 92.9 Å². The highest BCUT2D eigenvalue weighted by Gasteiger charge is 2.13. The SMILES string of the molecule is CC(CC#N)NC(=O)c1ccc(N)cc1F. The van der Waals surface area contributed by atoms with Gasteiger partial charge in [-0.25, -0.2) is 4.39 Å². The van der Waals surface area contributed by atoms with E-state index in [9.17, 15) is 9.18 Å². The van der Waals surface area contributed by atoms with Crippen LogP contribution in [0.3, 0.4) is 0 Å². The third-order valence-electron chi connectivity index (χ3n) is 2.01. The van der Waals surface area contributed by atoms with Crippen molar-refractivity contribution in [3.8, 4) is 6.07 Å². The van der Waals surface area contributed by atoms with Crippen molar-refractivity contribution in [2.24, 2.45) is 0 Å². The maximum atomic E-state index is 13.3. The Kier molecular flexibility index (Phi) is 3.84. The van der Waals surface area contributed by atoms with E-state index in [1.807, 2.05) is 6.07 Å². The minimum absolute atomic E-state index is 0.0704. The predicted octanol–water partition coefficient (Wildman–Crippen LogP) is 1.44. The van der Waals surface area contributed by atoms with Crippen molar-refractivity contribution >= 4 is 11.6 Å². The number of hydrogen-bond acceptors (Lipinski definition) is 3. The van der Waals surface area contributed by atoms with Gasteiger partial charge in [-0.05, 0) is 25.1 Å². The van der Waals surface area contributed by atoms with Crippen molar-refractivity contribution in [3.05, 3.63) is 29.6 Å². The number of nitrogens with two attached hydrogens (primary N) is 1. The number of nitrogen functional groups attached to an aromatic ring is 1. The first kappa shape index (κ1) is 12.0. The van der Waals surface area contributed by atoms with Crippen molar-refractivity contribution in [3.63, 3.8) is 0 Å². The number of nitriles is 1. The lowest BCUT2D eigenvalue weighted by atomic mass is 10.1. The van der Waals surface area contributed by atoms with Gasteiger partial charge in [-0.2, -0.15) is 5.26 Å². The molecule has 84 valence electrons. The molecule has 0 spiro atoms. The van der Waals surface area contributed by atoms with Crippen LogP contribution in [0.1, 0.15) is 23.7 Å². The summed E-state index contributed by atoms with van der Waals surface area (Å²) in [6, 6.07) is 5.47. The third kappa shape index (κ3) is 2.95. The Hall–Kier alpha value is -2.09. The minimum atomic E-state index is -0.665. The smallest absolute Gasteiger partial charge is 0.254 e. The van der Waals surface area contributed by atoms with Crippen molar-refractivity contribution in [2.75, 3.05) is 5.73 Å². The first-order valence-electron chi connectivity index (χ1n) is 4.77. The Balaban J connectivity index is 2.78. The van der Waals surface area contributed by atoms with Crippen molar-refractivity contribution in [2.45, 2.75) is 19.4 Å². The van der Waals surface area contributed by atoms with E-state index in [1.54, 1.807) is 6.92 Å². The predicted molar refractivity (Wildman–Crippen MR) is 58.0 cm³/mol. The summed E-state index contributed by atoms with van der Waals surface area (Å²) in [6.45, 7) is 1.68. The highest BCUT2D eigenvalue weighted by Crippen LogP contribution is 2.11. The van der Waals surface area contributed by atoms with E-state index in [2.05, 4.69) is 5.32 Å². The van der Waals surface area contributed by atoms with E-state index >= 15 is 0 Å². The van der Waals surface area contributed by atoms with Gasteiger partial charge in [-0.15, -0.1) is 0 Å². The number of benzene rings is 1. The maximum absolute atomic E-state index is 13.3. The number of nitrogens with zero attached hydrogens (tertiary/aromatic N) is 1. The molecule has 1 aromatic carbocycles. The maximum Gasteiger partial charge on any atom is 0.254 e. The highest BCUT2D eigenvalue weighted by atomic mass is 19.1. The fraction of sp³-hybridized carbons (Fsp3) is 0.273. The molecule has 0 aliphatic rings. The molecular weight excluding hydrogens is 209 g/mol. The van der Waals surface area contributed by atoms with E-state index in [4.69, 9.17) is 11.0 Å². The molecule has 4 nitrogen and oxygen atoms in total. The summed E-state index contributed by atoms with van der Waals surface area (Å²) in [7, 11) is 0. The quantitative estimate of drug-likeness (QED) is 0.758. The molecule has 0 heterocycles. The van der Waals surface area contributed by atoms with Crippen LogP contribution in [0.4, 0.5) is 10.1 Å². The van der Waals surface area contributed by atoms with Crippen LogP contribution in [0.15, 0.2) is 18.2 Å². The lowest BCUT2D eigenvalue weighted by Gasteiger charge is -2.10. The Bertz CT molecular complexity index is 439. The van der Waals surface area contributed by atoms with Crippen LogP contribution in [0, 0.1) is 17.1 Å². The number of carbonyl (C=O) groups is 1. The second kappa shape index (κ2) is 5.12. The second-order valence-corrected chi connectivity index (χ2v) is 3.48. The monoisotopic (exact) mass is 221 g/mol. The highest BCUT2D eigenvalue weighted by molar-refractivity contribution is 5.94. The Morgan fingerprint density at radius 2 is 2.38 bits per heavy atom. The first-order valence-corrected chi connectivity index (χ1v) is 4.77. The summed E-state index contributed by atoms with van der Waals surface area (Å²) in [5.74, 6) is -1.21. The van der Waals surface area contributed by atoms with Gasteiger partial charge in [-0.3, -0.25) is 4.79 Å². The number of rotatable bonds is 3. The molecule has 5 heteroatoms. The van der Waals surface area contributed by atoms with E-state index in [0.29, 0.717) is 0 Å². The van der Waals surface area contributed by atoms with Crippen LogP contribution in [-0.4, -0.2) is 11.9 Å². The summed E-state index contributed by atoms with van der Waals surface area (Å²) in [5, 5.41) is 10.9. The van der Waals surface area contributed by atoms with Gasteiger partial charge in [0.05, 0.1) is 18.1 Å². The lowest BCUT2D eigenvalue weighted by Crippen LogP contribution is -2.32. The van der Waals surface area contributed by atoms with E-state index in [0.717, 1.165) is 6.07 Å². The molecule has 1 aromatic rings. The van der Waals surface area contributed by atoms with Crippen molar-refractivity contribution < 1.29 is 9.18 Å². The standard InChI is InChI=1S/C11H12FN3O/c1-7(4-5-13)15-11(16)9-3-2-8(14)6-10(9)12/h2-3,6-7H,4,14H2,1H3,(H,15,16). The topological polar surface area (TPSA) is 78.9 Å². The van der Waals surface area contributed by atoms with Crippen LogP contribution < -0.4 is 11.1 Å². The molecule has 0 aliphatic heterocycles. The molecule has 0 aromatic heterocycles. The average Bonchev–Trinajstić information content (AvgIpc) is 2.17. The van der Waals surface area contributed by atoms with Gasteiger partial charge in [0.25, 0.3) is 5.91 Å². The normalized spacial score (nSPS) is 11.6. The molecule has 0 saturated heterocycles. The average molecular weight is 221 g/mol. The Morgan fingerprint density at radius 3 is 2.94 bits per heavy atom. The van der Waals surface area contributed by atoms with Gasteiger partial charge in [0.2, 0.25) is 0 Å². The molecule has 1 atom stereocenters. The van der Waals surface area contributed by atoms with Gasteiger partial charge >= 0.3 is 0 Å². The van der Waals surface area contributed by atoms with E-state index in [1.165, 1.54) is 12.1 Å². The van der Waals surface area contributed by atoms with Crippen molar-refractivity contribution in [1.82, 2.24) is 5.32 Å². The number of anilines is 1. The molecule has 1 rings (SSSR count). The zero-order chi connectivity index (χ0) is 12.1. The largest absolute Gasteiger partial charge is 0.399 e. The number of amides is 1. The van der Waals surface area contributed by atoms with Crippen LogP contribution in [0.5, 0.6) is 0 Å². The summed E-state index contributed by atoms with van der Waals surface area (Å²) in [6.07, 6.45) is 0.183. The molecular formula is C11H12FN3O. The van der Waals surface area contributed by atoms with Gasteiger partial charge < -0.3 is 11.1 Å². The van der Waals surface area contributed by atoms with Gasteiger partial charge in [0.15, 0.2) is 0 Å². The van der Waals surface area contributed by atoms with E-state index in [-0.39, 0.29) is 23.7 Å². The number of hydrogen-bond donors (Lipinski definition) is 2. The number of nitrogens with one attached hydrogen (secondary N) is 1. The molecule has 3 N–H and O–H groups in total. The van der Waals surface area contributed by atoms with Crippen LogP contribution in [0.25, 0.3) is 0 Å². The van der Waals surface area contributed by atoms with Gasteiger partial charge in [0.1, 0.15) is 5.82 Å². The second-order valence-electron chi connectivity index (χ2n) is 3.48. The molecule has 0 aliphatic carbocycles. The summed E-state index contributed by atoms with van der Waals surface area (Å²) in [4.78, 5) is 11.6. The van der Waals surface area contributed by atoms with Crippen LogP contribution in [0.2, 0.25) is 0 Å². The molecule has 16 heavy (non-hydrogen) atoms. The zero-order valence-corrected chi connectivity index (χ0v) is 8.83. The number of carbonyl (C=O) groups excluding carboxylic acids is 1. The lowest BCUT2D eigenvalue weighted by molar-refractivity contribution is 0.0937. The first-order chi connectivity index (χ1) is 7.54. The van der Waals surface area contributed by atoms with Crippen LogP contribution >= 0.6 is 0 Å². The minimum Gasteiger partial charge on any atom is -0.399 e. The molecule has 0 saturated carbocycles. The number of halogens is 1. The molecule has 0 bridgehead atoms. The third-order valence-corrected chi connectivity index (χ3v) is 2.01.